The molecule has 0 spiro atoms. The van der Waals surface area contributed by atoms with Crippen LogP contribution in [0, 0.1) is 0 Å². The smallest absolute Gasteiger partial charge is 0.186 e. The van der Waals surface area contributed by atoms with Crippen LogP contribution in [0.5, 0.6) is 0 Å². The molecule has 92 valence electrons. The summed E-state index contributed by atoms with van der Waals surface area (Å²) in [6.07, 6.45) is 0. The molecule has 0 unspecified atom stereocenters. The van der Waals surface area contributed by atoms with Crippen LogP contribution in [-0.4, -0.2) is 31.3 Å². The fraction of sp³-hybridized carbons (Fsp3) is 0.364. The van der Waals surface area contributed by atoms with Crippen molar-refractivity contribution >= 4 is 50.7 Å². The van der Waals surface area contributed by atoms with Gasteiger partial charge in [-0.1, -0.05) is 22.9 Å². The number of halogens is 2. The van der Waals surface area contributed by atoms with Crippen LogP contribution < -0.4 is 4.90 Å². The van der Waals surface area contributed by atoms with Crippen molar-refractivity contribution in [2.45, 2.75) is 0 Å². The van der Waals surface area contributed by atoms with Gasteiger partial charge in [-0.05, 0) is 18.2 Å². The molecule has 0 saturated carbocycles. The zero-order chi connectivity index (χ0) is 11.0. The van der Waals surface area contributed by atoms with E-state index in [1.807, 2.05) is 18.2 Å². The van der Waals surface area contributed by atoms with Gasteiger partial charge in [0.05, 0.1) is 23.4 Å². The lowest BCUT2D eigenvalue weighted by atomic mass is 10.3. The Bertz CT molecular complexity index is 511. The SMILES string of the molecule is Cl.Clc1ccc2nc(N3CCOCC3)sc2c1. The predicted molar refractivity (Wildman–Crippen MR) is 74.9 cm³/mol. The van der Waals surface area contributed by atoms with Crippen LogP contribution in [-0.2, 0) is 4.74 Å². The minimum Gasteiger partial charge on any atom is -0.378 e. The van der Waals surface area contributed by atoms with E-state index in [9.17, 15) is 0 Å². The zero-order valence-corrected chi connectivity index (χ0v) is 11.4. The molecule has 1 fully saturated rings. The number of anilines is 1. The average molecular weight is 291 g/mol. The Labute approximate surface area is 115 Å². The van der Waals surface area contributed by atoms with Gasteiger partial charge in [-0.25, -0.2) is 4.98 Å². The summed E-state index contributed by atoms with van der Waals surface area (Å²) >= 11 is 7.65. The molecule has 0 radical (unpaired) electrons. The first-order valence-corrected chi connectivity index (χ1v) is 6.41. The Morgan fingerprint density at radius 2 is 2.06 bits per heavy atom. The van der Waals surface area contributed by atoms with Gasteiger partial charge in [-0.2, -0.15) is 0 Å². The van der Waals surface area contributed by atoms with Gasteiger partial charge >= 0.3 is 0 Å². The van der Waals surface area contributed by atoms with Gasteiger partial charge in [-0.3, -0.25) is 0 Å². The number of nitrogens with zero attached hydrogens (tertiary/aromatic N) is 2. The minimum absolute atomic E-state index is 0. The summed E-state index contributed by atoms with van der Waals surface area (Å²) in [5.74, 6) is 0. The Morgan fingerprint density at radius 3 is 2.82 bits per heavy atom. The topological polar surface area (TPSA) is 25.4 Å². The van der Waals surface area contributed by atoms with E-state index in [0.29, 0.717) is 0 Å². The van der Waals surface area contributed by atoms with Crippen LogP contribution in [0.2, 0.25) is 5.02 Å². The number of rotatable bonds is 1. The molecule has 1 saturated heterocycles. The van der Waals surface area contributed by atoms with E-state index in [1.165, 1.54) is 0 Å². The highest BCUT2D eigenvalue weighted by molar-refractivity contribution is 7.22. The van der Waals surface area contributed by atoms with E-state index < -0.39 is 0 Å². The summed E-state index contributed by atoms with van der Waals surface area (Å²) in [6, 6.07) is 5.82. The van der Waals surface area contributed by atoms with Crippen LogP contribution in [0.15, 0.2) is 18.2 Å². The highest BCUT2D eigenvalue weighted by Crippen LogP contribution is 2.30. The average Bonchev–Trinajstić information content (AvgIpc) is 2.73. The quantitative estimate of drug-likeness (QED) is 0.806. The molecule has 2 aromatic rings. The molecule has 0 amide bonds. The lowest BCUT2D eigenvalue weighted by Gasteiger charge is -2.25. The number of thiazole rings is 1. The third-order valence-corrected chi connectivity index (χ3v) is 3.93. The van der Waals surface area contributed by atoms with Gasteiger partial charge < -0.3 is 9.64 Å². The first-order valence-electron chi connectivity index (χ1n) is 5.22. The van der Waals surface area contributed by atoms with E-state index in [1.54, 1.807) is 11.3 Å². The third kappa shape index (κ3) is 2.65. The molecular formula is C11H12Cl2N2OS. The summed E-state index contributed by atoms with van der Waals surface area (Å²) in [4.78, 5) is 6.87. The maximum atomic E-state index is 5.96. The highest BCUT2D eigenvalue weighted by atomic mass is 35.5. The van der Waals surface area contributed by atoms with Crippen molar-refractivity contribution in [1.29, 1.82) is 0 Å². The third-order valence-electron chi connectivity index (χ3n) is 2.62. The summed E-state index contributed by atoms with van der Waals surface area (Å²) < 4.78 is 6.48. The van der Waals surface area contributed by atoms with Gasteiger partial charge in [-0.15, -0.1) is 12.4 Å². The maximum Gasteiger partial charge on any atom is 0.186 e. The first-order chi connectivity index (χ1) is 7.83. The van der Waals surface area contributed by atoms with Crippen molar-refractivity contribution in [2.24, 2.45) is 0 Å². The number of ether oxygens (including phenoxy) is 1. The van der Waals surface area contributed by atoms with Crippen LogP contribution in [0.1, 0.15) is 0 Å². The molecule has 0 bridgehead atoms. The van der Waals surface area contributed by atoms with E-state index in [2.05, 4.69) is 9.88 Å². The monoisotopic (exact) mass is 290 g/mol. The Morgan fingerprint density at radius 1 is 1.29 bits per heavy atom. The molecule has 1 aromatic heterocycles. The lowest BCUT2D eigenvalue weighted by Crippen LogP contribution is -2.36. The van der Waals surface area contributed by atoms with E-state index >= 15 is 0 Å². The molecule has 3 nitrogen and oxygen atoms in total. The van der Waals surface area contributed by atoms with Gasteiger partial charge in [0.1, 0.15) is 0 Å². The molecule has 1 aliphatic heterocycles. The van der Waals surface area contributed by atoms with E-state index in [0.717, 1.165) is 46.7 Å². The van der Waals surface area contributed by atoms with Crippen molar-refractivity contribution in [3.05, 3.63) is 23.2 Å². The van der Waals surface area contributed by atoms with Crippen LogP contribution in [0.25, 0.3) is 10.2 Å². The number of fused-ring (bicyclic) bond motifs is 1. The standard InChI is InChI=1S/C11H11ClN2OS.ClH/c12-8-1-2-9-10(7-8)16-11(13-9)14-3-5-15-6-4-14;/h1-2,7H,3-6H2;1H. The molecule has 1 aliphatic rings. The molecule has 17 heavy (non-hydrogen) atoms. The van der Waals surface area contributed by atoms with Crippen molar-refractivity contribution in [3.63, 3.8) is 0 Å². The Kier molecular flexibility index (Phi) is 4.09. The normalized spacial score (nSPS) is 15.9. The second-order valence-corrected chi connectivity index (χ2v) is 5.15. The molecule has 0 N–H and O–H groups in total. The second kappa shape index (κ2) is 5.40. The van der Waals surface area contributed by atoms with Crippen LogP contribution in [0.4, 0.5) is 5.13 Å². The zero-order valence-electron chi connectivity index (χ0n) is 9.06. The van der Waals surface area contributed by atoms with Crippen molar-refractivity contribution in [2.75, 3.05) is 31.2 Å². The Hall–Kier alpha value is -0.550. The number of aromatic nitrogens is 1. The lowest BCUT2D eigenvalue weighted by molar-refractivity contribution is 0.122. The van der Waals surface area contributed by atoms with Gasteiger partial charge in [0.25, 0.3) is 0 Å². The molecule has 3 rings (SSSR count). The van der Waals surface area contributed by atoms with E-state index in [4.69, 9.17) is 16.3 Å². The maximum absolute atomic E-state index is 5.96. The van der Waals surface area contributed by atoms with Gasteiger partial charge in [0, 0.05) is 18.1 Å². The molecule has 1 aromatic carbocycles. The molecule has 0 aliphatic carbocycles. The van der Waals surface area contributed by atoms with Crippen LogP contribution >= 0.6 is 35.3 Å². The summed E-state index contributed by atoms with van der Waals surface area (Å²) in [5.41, 5.74) is 1.02. The predicted octanol–water partition coefficient (Wildman–Crippen LogP) is 3.21. The molecular weight excluding hydrogens is 279 g/mol. The summed E-state index contributed by atoms with van der Waals surface area (Å²) in [6.45, 7) is 3.43. The number of hydrogen-bond acceptors (Lipinski definition) is 4. The number of hydrogen-bond donors (Lipinski definition) is 0. The second-order valence-electron chi connectivity index (χ2n) is 3.71. The molecule has 2 heterocycles. The summed E-state index contributed by atoms with van der Waals surface area (Å²) in [7, 11) is 0. The fourth-order valence-electron chi connectivity index (χ4n) is 1.78. The van der Waals surface area contributed by atoms with E-state index in [-0.39, 0.29) is 12.4 Å². The fourth-order valence-corrected chi connectivity index (χ4v) is 3.07. The highest BCUT2D eigenvalue weighted by Gasteiger charge is 2.15. The Balaban J connectivity index is 0.00000108. The number of benzene rings is 1. The minimum atomic E-state index is 0. The van der Waals surface area contributed by atoms with Gasteiger partial charge in [0.2, 0.25) is 0 Å². The van der Waals surface area contributed by atoms with Crippen LogP contribution in [0.3, 0.4) is 0 Å². The summed E-state index contributed by atoms with van der Waals surface area (Å²) in [5, 5.41) is 1.84. The van der Waals surface area contributed by atoms with Crippen molar-refractivity contribution < 1.29 is 4.74 Å². The largest absolute Gasteiger partial charge is 0.378 e. The number of morpholine rings is 1. The first kappa shape index (κ1) is 12.9. The van der Waals surface area contributed by atoms with Crippen molar-refractivity contribution in [3.8, 4) is 0 Å². The molecule has 0 atom stereocenters. The molecule has 6 heteroatoms. The van der Waals surface area contributed by atoms with Gasteiger partial charge in [0.15, 0.2) is 5.13 Å². The van der Waals surface area contributed by atoms with Crippen molar-refractivity contribution in [1.82, 2.24) is 4.98 Å².